The minimum atomic E-state index is 0.447. The molecule has 1 aliphatic rings. The molecule has 1 aromatic carbocycles. The first-order valence-electron chi connectivity index (χ1n) is 6.63. The van der Waals surface area contributed by atoms with Crippen molar-refractivity contribution in [2.75, 3.05) is 20.2 Å². The summed E-state index contributed by atoms with van der Waals surface area (Å²) in [5.41, 5.74) is 4.68. The summed E-state index contributed by atoms with van der Waals surface area (Å²) in [6.07, 6.45) is 1.85. The van der Waals surface area contributed by atoms with Gasteiger partial charge in [0.05, 0.1) is 6.61 Å². The molecule has 0 aliphatic carbocycles. The average Bonchev–Trinajstić information content (AvgIpc) is 2.83. The smallest absolute Gasteiger partial charge is 0.130 e. The molecule has 1 aliphatic heterocycles. The van der Waals surface area contributed by atoms with Gasteiger partial charge in [-0.25, -0.2) is 0 Å². The third kappa shape index (κ3) is 2.22. The number of pyridine rings is 1. The van der Waals surface area contributed by atoms with Crippen LogP contribution in [0.25, 0.3) is 11.1 Å². The van der Waals surface area contributed by atoms with E-state index in [1.807, 2.05) is 26.2 Å². The fourth-order valence-corrected chi connectivity index (χ4v) is 2.67. The number of hydrogen-bond donors (Lipinski definition) is 1. The quantitative estimate of drug-likeness (QED) is 0.914. The van der Waals surface area contributed by atoms with Crippen LogP contribution < -0.4 is 10.1 Å². The highest BCUT2D eigenvalue weighted by Gasteiger charge is 2.26. The predicted molar refractivity (Wildman–Crippen MR) is 76.6 cm³/mol. The van der Waals surface area contributed by atoms with Crippen molar-refractivity contribution in [2.45, 2.75) is 12.8 Å². The first kappa shape index (κ1) is 12.2. The number of nitrogens with zero attached hydrogens (tertiary/aromatic N) is 1. The maximum atomic E-state index is 5.93. The van der Waals surface area contributed by atoms with Crippen molar-refractivity contribution in [1.82, 2.24) is 10.3 Å². The van der Waals surface area contributed by atoms with Crippen molar-refractivity contribution < 1.29 is 4.74 Å². The van der Waals surface area contributed by atoms with Crippen LogP contribution in [0.2, 0.25) is 0 Å². The molecule has 0 fully saturated rings. The lowest BCUT2D eigenvalue weighted by molar-refractivity contribution is 0.329. The Morgan fingerprint density at radius 2 is 2.26 bits per heavy atom. The lowest BCUT2D eigenvalue weighted by Crippen LogP contribution is -2.17. The summed E-state index contributed by atoms with van der Waals surface area (Å²) in [7, 11) is 1.98. The highest BCUT2D eigenvalue weighted by molar-refractivity contribution is 5.73. The van der Waals surface area contributed by atoms with Crippen LogP contribution in [0.15, 0.2) is 36.5 Å². The molecule has 2 heterocycles. The Kier molecular flexibility index (Phi) is 3.22. The largest absolute Gasteiger partial charge is 0.492 e. The maximum Gasteiger partial charge on any atom is 0.130 e. The lowest BCUT2D eigenvalue weighted by atomic mass is 9.96. The van der Waals surface area contributed by atoms with E-state index in [0.717, 1.165) is 24.6 Å². The summed E-state index contributed by atoms with van der Waals surface area (Å²) in [5.74, 6) is 1.48. The van der Waals surface area contributed by atoms with Crippen LogP contribution in [0, 0.1) is 6.92 Å². The van der Waals surface area contributed by atoms with Gasteiger partial charge in [-0.15, -0.1) is 0 Å². The molecule has 0 radical (unpaired) electrons. The van der Waals surface area contributed by atoms with Crippen LogP contribution in [-0.2, 0) is 0 Å². The zero-order valence-electron chi connectivity index (χ0n) is 11.3. The first-order chi connectivity index (χ1) is 9.29. The van der Waals surface area contributed by atoms with Crippen molar-refractivity contribution in [1.29, 1.82) is 0 Å². The molecule has 0 saturated carbocycles. The lowest BCUT2D eigenvalue weighted by Gasteiger charge is -2.09. The topological polar surface area (TPSA) is 34.1 Å². The molecule has 1 aromatic heterocycles. The molecule has 1 N–H and O–H groups in total. The Labute approximate surface area is 113 Å². The minimum absolute atomic E-state index is 0.447. The summed E-state index contributed by atoms with van der Waals surface area (Å²) >= 11 is 0. The van der Waals surface area contributed by atoms with Crippen molar-refractivity contribution in [3.63, 3.8) is 0 Å². The second-order valence-electron chi connectivity index (χ2n) is 4.98. The monoisotopic (exact) mass is 254 g/mol. The van der Waals surface area contributed by atoms with Gasteiger partial charge in [-0.05, 0) is 31.7 Å². The molecule has 3 heteroatoms. The number of aryl methyl sites for hydroxylation is 1. The molecular weight excluding hydrogens is 236 g/mol. The third-order valence-corrected chi connectivity index (χ3v) is 3.57. The molecule has 0 bridgehead atoms. The summed E-state index contributed by atoms with van der Waals surface area (Å²) in [6.45, 7) is 3.72. The standard InChI is InChI=1S/C16H18N2O/c1-11-8-12(6-7-18-11)14-4-3-5-15-13(9-17-2)10-19-16(14)15/h3-8,13,17H,9-10H2,1-2H3. The number of ether oxygens (including phenoxy) is 1. The second-order valence-corrected chi connectivity index (χ2v) is 4.98. The van der Waals surface area contributed by atoms with E-state index >= 15 is 0 Å². The van der Waals surface area contributed by atoms with Gasteiger partial charge in [0, 0.05) is 35.5 Å². The first-order valence-corrected chi connectivity index (χ1v) is 6.63. The van der Waals surface area contributed by atoms with Gasteiger partial charge in [-0.1, -0.05) is 18.2 Å². The van der Waals surface area contributed by atoms with E-state index in [1.54, 1.807) is 0 Å². The molecule has 1 atom stereocenters. The van der Waals surface area contributed by atoms with E-state index < -0.39 is 0 Å². The number of hydrogen-bond acceptors (Lipinski definition) is 3. The minimum Gasteiger partial charge on any atom is -0.492 e. The third-order valence-electron chi connectivity index (χ3n) is 3.57. The fourth-order valence-electron chi connectivity index (χ4n) is 2.67. The number of likely N-dealkylation sites (N-methyl/N-ethyl adjacent to an activating group) is 1. The summed E-state index contributed by atoms with van der Waals surface area (Å²) < 4.78 is 5.93. The molecule has 98 valence electrons. The van der Waals surface area contributed by atoms with Crippen LogP contribution in [0.1, 0.15) is 17.2 Å². The highest BCUT2D eigenvalue weighted by Crippen LogP contribution is 2.41. The predicted octanol–water partition coefficient (Wildman–Crippen LogP) is 2.75. The van der Waals surface area contributed by atoms with E-state index in [1.165, 1.54) is 16.7 Å². The molecule has 3 nitrogen and oxygen atoms in total. The van der Waals surface area contributed by atoms with Crippen molar-refractivity contribution in [3.05, 3.63) is 47.8 Å². The van der Waals surface area contributed by atoms with E-state index in [2.05, 4.69) is 34.6 Å². The number of aromatic nitrogens is 1. The van der Waals surface area contributed by atoms with Gasteiger partial charge < -0.3 is 10.1 Å². The SMILES string of the molecule is CNCC1COc2c(-c3ccnc(C)c3)cccc21. The van der Waals surface area contributed by atoms with Gasteiger partial charge in [0.15, 0.2) is 0 Å². The zero-order chi connectivity index (χ0) is 13.2. The van der Waals surface area contributed by atoms with E-state index in [4.69, 9.17) is 4.74 Å². The average molecular weight is 254 g/mol. The second kappa shape index (κ2) is 5.02. The molecule has 19 heavy (non-hydrogen) atoms. The van der Waals surface area contributed by atoms with E-state index in [-0.39, 0.29) is 0 Å². The van der Waals surface area contributed by atoms with Crippen LogP contribution in [0.4, 0.5) is 0 Å². The maximum absolute atomic E-state index is 5.93. The van der Waals surface area contributed by atoms with E-state index in [9.17, 15) is 0 Å². The number of rotatable bonds is 3. The van der Waals surface area contributed by atoms with Gasteiger partial charge in [0.2, 0.25) is 0 Å². The molecule has 0 amide bonds. The van der Waals surface area contributed by atoms with Gasteiger partial charge in [0.25, 0.3) is 0 Å². The van der Waals surface area contributed by atoms with Crippen LogP contribution in [-0.4, -0.2) is 25.2 Å². The summed E-state index contributed by atoms with van der Waals surface area (Å²) in [6, 6.07) is 10.5. The van der Waals surface area contributed by atoms with E-state index in [0.29, 0.717) is 5.92 Å². The van der Waals surface area contributed by atoms with Crippen molar-refractivity contribution in [2.24, 2.45) is 0 Å². The Bertz CT molecular complexity index is 595. The van der Waals surface area contributed by atoms with Gasteiger partial charge in [-0.3, -0.25) is 4.98 Å². The zero-order valence-corrected chi connectivity index (χ0v) is 11.3. The molecule has 0 spiro atoms. The molecule has 0 saturated heterocycles. The molecule has 1 unspecified atom stereocenters. The Hall–Kier alpha value is -1.87. The van der Waals surface area contributed by atoms with Gasteiger partial charge in [0.1, 0.15) is 5.75 Å². The van der Waals surface area contributed by atoms with Crippen LogP contribution >= 0.6 is 0 Å². The van der Waals surface area contributed by atoms with Crippen LogP contribution in [0.5, 0.6) is 5.75 Å². The number of fused-ring (bicyclic) bond motifs is 1. The van der Waals surface area contributed by atoms with Crippen molar-refractivity contribution >= 4 is 0 Å². The summed E-state index contributed by atoms with van der Waals surface area (Å²) in [4.78, 5) is 4.25. The Morgan fingerprint density at radius 1 is 1.37 bits per heavy atom. The summed E-state index contributed by atoms with van der Waals surface area (Å²) in [5, 5.41) is 3.23. The Balaban J connectivity index is 2.05. The number of para-hydroxylation sites is 1. The van der Waals surface area contributed by atoms with Crippen LogP contribution in [0.3, 0.4) is 0 Å². The van der Waals surface area contributed by atoms with Crippen molar-refractivity contribution in [3.8, 4) is 16.9 Å². The molecule has 3 rings (SSSR count). The fraction of sp³-hybridized carbons (Fsp3) is 0.312. The molecule has 2 aromatic rings. The number of benzene rings is 1. The normalized spacial score (nSPS) is 17.1. The number of nitrogens with one attached hydrogen (secondary N) is 1. The van der Waals surface area contributed by atoms with Gasteiger partial charge in [-0.2, -0.15) is 0 Å². The van der Waals surface area contributed by atoms with Gasteiger partial charge >= 0.3 is 0 Å². The Morgan fingerprint density at radius 3 is 3.05 bits per heavy atom. The molecular formula is C16H18N2O. The highest BCUT2D eigenvalue weighted by atomic mass is 16.5.